The van der Waals surface area contributed by atoms with Crippen LogP contribution in [0.3, 0.4) is 0 Å². The number of aromatic nitrogens is 4. The maximum absolute atomic E-state index is 13.3. The highest BCUT2D eigenvalue weighted by Crippen LogP contribution is 2.35. The predicted molar refractivity (Wildman–Crippen MR) is 81.9 cm³/mol. The second-order valence-corrected chi connectivity index (χ2v) is 5.30. The highest BCUT2D eigenvalue weighted by atomic mass is 79.9. The lowest BCUT2D eigenvalue weighted by Crippen LogP contribution is -2.11. The van der Waals surface area contributed by atoms with Crippen LogP contribution in [0.15, 0.2) is 22.8 Å². The summed E-state index contributed by atoms with van der Waals surface area (Å²) in [6.07, 6.45) is 1.56. The van der Waals surface area contributed by atoms with Gasteiger partial charge in [0.1, 0.15) is 11.6 Å². The first-order valence-corrected chi connectivity index (χ1v) is 6.85. The largest absolute Gasteiger partial charge is 0.337 e. The Balaban J connectivity index is 2.11. The lowest BCUT2D eigenvalue weighted by Gasteiger charge is -2.11. The van der Waals surface area contributed by atoms with Gasteiger partial charge in [-0.2, -0.15) is 15.1 Å². The van der Waals surface area contributed by atoms with Crippen molar-refractivity contribution in [1.82, 2.24) is 20.2 Å². The Kier molecular flexibility index (Phi) is 3.62. The molecule has 0 aliphatic rings. The summed E-state index contributed by atoms with van der Waals surface area (Å²) in [6, 6.07) is 2.49. The van der Waals surface area contributed by atoms with Crippen LogP contribution < -0.4 is 16.6 Å². The fourth-order valence-electron chi connectivity index (χ4n) is 1.77. The lowest BCUT2D eigenvalue weighted by molar-refractivity contribution is 0.627. The molecule has 2 aromatic heterocycles. The molecule has 0 aliphatic heterocycles. The van der Waals surface area contributed by atoms with Crippen molar-refractivity contribution in [1.29, 1.82) is 0 Å². The number of anilines is 3. The number of aromatic amines is 1. The Bertz CT molecular complexity index is 798. The first-order chi connectivity index (χ1) is 10.1. The average Bonchev–Trinajstić information content (AvgIpc) is 2.90. The van der Waals surface area contributed by atoms with E-state index in [1.165, 1.54) is 12.1 Å². The van der Waals surface area contributed by atoms with Gasteiger partial charge >= 0.3 is 0 Å². The number of hydrogen-bond donors (Lipinski definition) is 4. The summed E-state index contributed by atoms with van der Waals surface area (Å²) < 4.78 is 13.7. The Morgan fingerprint density at radius 1 is 1.33 bits per heavy atom. The third kappa shape index (κ3) is 2.62. The number of hydrazine groups is 1. The molecule has 0 amide bonds. The van der Waals surface area contributed by atoms with Gasteiger partial charge < -0.3 is 5.32 Å². The Labute approximate surface area is 131 Å². The smallest absolute Gasteiger partial charge is 0.241 e. The van der Waals surface area contributed by atoms with Gasteiger partial charge in [-0.3, -0.25) is 10.5 Å². The minimum Gasteiger partial charge on any atom is -0.337 e. The molecule has 5 N–H and O–H groups in total. The molecular weight excluding hydrogens is 365 g/mol. The topological polar surface area (TPSA) is 105 Å². The van der Waals surface area contributed by atoms with Crippen molar-refractivity contribution in [2.45, 2.75) is 0 Å². The molecule has 0 bridgehead atoms. The molecule has 7 nitrogen and oxygen atoms in total. The molecule has 3 aromatic rings. The number of nitrogens with zero attached hydrogens (tertiary/aromatic N) is 3. The molecule has 1 aromatic carbocycles. The standard InChI is InChI=1S/C11H8BrClFN7/c12-6-1-4(14)2-7(13)8(6)17-9-5-3-16-21-10(5)19-11(18-9)20-15/h1-3H,15H2,(H3,16,17,18,19,20,21). The van der Waals surface area contributed by atoms with E-state index >= 15 is 0 Å². The second-order valence-electron chi connectivity index (χ2n) is 4.04. The van der Waals surface area contributed by atoms with Crippen LogP contribution in [0.5, 0.6) is 0 Å². The summed E-state index contributed by atoms with van der Waals surface area (Å²) in [6.45, 7) is 0. The van der Waals surface area contributed by atoms with Gasteiger partial charge in [0.05, 0.1) is 22.3 Å². The van der Waals surface area contributed by atoms with Gasteiger partial charge in [-0.05, 0) is 28.1 Å². The molecule has 0 saturated heterocycles. The van der Waals surface area contributed by atoms with Crippen LogP contribution in [-0.4, -0.2) is 20.2 Å². The fourth-order valence-corrected chi connectivity index (χ4v) is 2.67. The summed E-state index contributed by atoms with van der Waals surface area (Å²) >= 11 is 9.30. The van der Waals surface area contributed by atoms with Crippen molar-refractivity contribution in [3.8, 4) is 0 Å². The van der Waals surface area contributed by atoms with Gasteiger partial charge in [0, 0.05) is 4.47 Å². The molecule has 21 heavy (non-hydrogen) atoms. The van der Waals surface area contributed by atoms with Gasteiger partial charge in [-0.15, -0.1) is 0 Å². The van der Waals surface area contributed by atoms with E-state index in [9.17, 15) is 4.39 Å². The number of halogens is 3. The highest BCUT2D eigenvalue weighted by Gasteiger charge is 2.13. The molecule has 0 atom stereocenters. The third-order valence-electron chi connectivity index (χ3n) is 2.69. The molecular formula is C11H8BrClFN7. The maximum Gasteiger partial charge on any atom is 0.241 e. The van der Waals surface area contributed by atoms with Crippen molar-refractivity contribution in [3.63, 3.8) is 0 Å². The van der Waals surface area contributed by atoms with Crippen molar-refractivity contribution in [2.24, 2.45) is 5.84 Å². The number of benzene rings is 1. The SMILES string of the molecule is NNc1nc(Nc2c(Cl)cc(F)cc2Br)c2cn[nH]c2n1. The van der Waals surface area contributed by atoms with E-state index < -0.39 is 5.82 Å². The van der Waals surface area contributed by atoms with Crippen molar-refractivity contribution < 1.29 is 4.39 Å². The van der Waals surface area contributed by atoms with Crippen LogP contribution in [0.2, 0.25) is 5.02 Å². The van der Waals surface area contributed by atoms with E-state index in [4.69, 9.17) is 17.4 Å². The van der Waals surface area contributed by atoms with Gasteiger partial charge in [-0.25, -0.2) is 10.2 Å². The molecule has 0 saturated carbocycles. The van der Waals surface area contributed by atoms with Crippen LogP contribution in [0.4, 0.5) is 21.8 Å². The molecule has 0 aliphatic carbocycles. The number of rotatable bonds is 3. The normalized spacial score (nSPS) is 10.9. The monoisotopic (exact) mass is 371 g/mol. The molecule has 0 unspecified atom stereocenters. The molecule has 3 rings (SSSR count). The maximum atomic E-state index is 13.3. The summed E-state index contributed by atoms with van der Waals surface area (Å²) in [5.74, 6) is 5.51. The fraction of sp³-hybridized carbons (Fsp3) is 0. The van der Waals surface area contributed by atoms with E-state index in [-0.39, 0.29) is 11.0 Å². The Hall–Kier alpha value is -1.97. The van der Waals surface area contributed by atoms with E-state index in [1.807, 2.05) is 0 Å². The van der Waals surface area contributed by atoms with Gasteiger partial charge in [-0.1, -0.05) is 11.6 Å². The first-order valence-electron chi connectivity index (χ1n) is 5.68. The number of fused-ring (bicyclic) bond motifs is 1. The van der Waals surface area contributed by atoms with Crippen molar-refractivity contribution in [2.75, 3.05) is 10.7 Å². The van der Waals surface area contributed by atoms with E-state index in [0.29, 0.717) is 27.0 Å². The zero-order valence-corrected chi connectivity index (χ0v) is 12.6. The zero-order valence-electron chi connectivity index (χ0n) is 10.3. The molecule has 0 radical (unpaired) electrons. The summed E-state index contributed by atoms with van der Waals surface area (Å²) in [4.78, 5) is 8.30. The van der Waals surface area contributed by atoms with E-state index in [2.05, 4.69) is 46.8 Å². The van der Waals surface area contributed by atoms with Crippen LogP contribution >= 0.6 is 27.5 Å². The number of nitrogens with two attached hydrogens (primary N) is 1. The molecule has 2 heterocycles. The summed E-state index contributed by atoms with van der Waals surface area (Å²) in [5, 5.41) is 10.5. The minimum absolute atomic E-state index is 0.198. The van der Waals surface area contributed by atoms with E-state index in [0.717, 1.165) is 0 Å². The van der Waals surface area contributed by atoms with Gasteiger partial charge in [0.15, 0.2) is 5.65 Å². The minimum atomic E-state index is -0.446. The van der Waals surface area contributed by atoms with Crippen molar-refractivity contribution in [3.05, 3.63) is 33.6 Å². The predicted octanol–water partition coefficient (Wildman–Crippen LogP) is 2.94. The average molecular weight is 373 g/mol. The Morgan fingerprint density at radius 2 is 2.14 bits per heavy atom. The van der Waals surface area contributed by atoms with Gasteiger partial charge in [0.25, 0.3) is 0 Å². The first kappa shape index (κ1) is 14.0. The highest BCUT2D eigenvalue weighted by molar-refractivity contribution is 9.10. The lowest BCUT2D eigenvalue weighted by atomic mass is 10.3. The number of hydrogen-bond acceptors (Lipinski definition) is 6. The number of nitrogen functional groups attached to an aromatic ring is 1. The van der Waals surface area contributed by atoms with Crippen LogP contribution in [0.1, 0.15) is 0 Å². The molecule has 10 heteroatoms. The number of nitrogens with one attached hydrogen (secondary N) is 3. The van der Waals surface area contributed by atoms with E-state index in [1.54, 1.807) is 6.20 Å². The van der Waals surface area contributed by atoms with Crippen LogP contribution in [0.25, 0.3) is 11.0 Å². The Morgan fingerprint density at radius 3 is 2.86 bits per heavy atom. The molecule has 0 fully saturated rings. The third-order valence-corrected chi connectivity index (χ3v) is 3.61. The molecule has 108 valence electrons. The van der Waals surface area contributed by atoms with Crippen molar-refractivity contribution >= 4 is 56.0 Å². The number of H-pyrrole nitrogens is 1. The molecule has 0 spiro atoms. The zero-order chi connectivity index (χ0) is 15.0. The van der Waals surface area contributed by atoms with Crippen LogP contribution in [-0.2, 0) is 0 Å². The quantitative estimate of drug-likeness (QED) is 0.416. The van der Waals surface area contributed by atoms with Crippen LogP contribution in [0, 0.1) is 5.82 Å². The second kappa shape index (κ2) is 5.43. The van der Waals surface area contributed by atoms with Gasteiger partial charge in [0.2, 0.25) is 5.95 Å². The summed E-state index contributed by atoms with van der Waals surface area (Å²) in [5.41, 5.74) is 3.33. The summed E-state index contributed by atoms with van der Waals surface area (Å²) in [7, 11) is 0.